The maximum absolute atomic E-state index is 10.6. The number of carbonyl (C=O) groups is 1. The number of H-pyrrole nitrogens is 1. The van der Waals surface area contributed by atoms with Gasteiger partial charge in [-0.05, 0) is 25.3 Å². The maximum Gasteiger partial charge on any atom is 0.309 e. The van der Waals surface area contributed by atoms with Crippen molar-refractivity contribution in [3.8, 4) is 0 Å². The predicted molar refractivity (Wildman–Crippen MR) is 57.5 cm³/mol. The Morgan fingerprint density at radius 1 is 1.56 bits per heavy atom. The van der Waals surface area contributed by atoms with Gasteiger partial charge in [0, 0.05) is 24.8 Å². The van der Waals surface area contributed by atoms with Crippen molar-refractivity contribution < 1.29 is 14.6 Å². The highest BCUT2D eigenvalue weighted by molar-refractivity contribution is 5.70. The molecule has 1 fully saturated rings. The molecule has 2 rings (SSSR count). The van der Waals surface area contributed by atoms with Crippen LogP contribution in [-0.4, -0.2) is 34.5 Å². The van der Waals surface area contributed by atoms with Gasteiger partial charge in [-0.15, -0.1) is 0 Å². The molecular weight excluding hydrogens is 208 g/mol. The monoisotopic (exact) mass is 224 g/mol. The van der Waals surface area contributed by atoms with Gasteiger partial charge in [-0.1, -0.05) is 0 Å². The first-order valence-corrected chi connectivity index (χ1v) is 5.51. The first kappa shape index (κ1) is 11.1. The van der Waals surface area contributed by atoms with Crippen LogP contribution < -0.4 is 0 Å². The third kappa shape index (κ3) is 2.24. The van der Waals surface area contributed by atoms with Crippen molar-refractivity contribution in [1.82, 2.24) is 10.2 Å². The Labute approximate surface area is 93.8 Å². The van der Waals surface area contributed by atoms with Crippen LogP contribution in [0.4, 0.5) is 0 Å². The number of aliphatic carboxylic acids is 1. The molecule has 0 unspecified atom stereocenters. The van der Waals surface area contributed by atoms with E-state index in [0.29, 0.717) is 11.6 Å². The number of aromatic amines is 1. The second kappa shape index (κ2) is 4.65. The van der Waals surface area contributed by atoms with E-state index in [1.165, 1.54) is 0 Å². The van der Waals surface area contributed by atoms with Crippen LogP contribution in [0.2, 0.25) is 0 Å². The van der Waals surface area contributed by atoms with Gasteiger partial charge in [0.15, 0.2) is 0 Å². The van der Waals surface area contributed by atoms with E-state index in [4.69, 9.17) is 9.84 Å². The van der Waals surface area contributed by atoms with Crippen molar-refractivity contribution in [3.63, 3.8) is 0 Å². The fourth-order valence-electron chi connectivity index (χ4n) is 2.14. The van der Waals surface area contributed by atoms with E-state index in [1.54, 1.807) is 0 Å². The average Bonchev–Trinajstić information content (AvgIpc) is 2.61. The molecule has 0 spiro atoms. The Morgan fingerprint density at radius 3 is 2.88 bits per heavy atom. The van der Waals surface area contributed by atoms with Crippen molar-refractivity contribution in [2.24, 2.45) is 0 Å². The van der Waals surface area contributed by atoms with Crippen LogP contribution in [0.1, 0.15) is 35.7 Å². The van der Waals surface area contributed by atoms with E-state index in [2.05, 4.69) is 10.2 Å². The number of carboxylic acids is 1. The normalized spacial score (nSPS) is 17.6. The molecule has 2 N–H and O–H groups in total. The van der Waals surface area contributed by atoms with Gasteiger partial charge in [-0.3, -0.25) is 9.89 Å². The zero-order valence-corrected chi connectivity index (χ0v) is 9.32. The predicted octanol–water partition coefficient (Wildman–Crippen LogP) is 1.24. The smallest absolute Gasteiger partial charge is 0.309 e. The van der Waals surface area contributed by atoms with Gasteiger partial charge in [0.05, 0.1) is 12.1 Å². The Bertz CT molecular complexity index is 381. The molecule has 0 amide bonds. The molecule has 0 saturated carbocycles. The topological polar surface area (TPSA) is 75.2 Å². The standard InChI is InChI=1S/C11H16N2O3/c1-7-9(6-10(14)15)12-13-11(7)8-2-4-16-5-3-8/h8H,2-6H2,1H3,(H,12,13)(H,14,15). The number of nitrogens with zero attached hydrogens (tertiary/aromatic N) is 1. The van der Waals surface area contributed by atoms with E-state index in [0.717, 1.165) is 37.3 Å². The lowest BCUT2D eigenvalue weighted by atomic mass is 9.93. The lowest BCUT2D eigenvalue weighted by Crippen LogP contribution is -2.15. The summed E-state index contributed by atoms with van der Waals surface area (Å²) >= 11 is 0. The molecule has 1 aliphatic heterocycles. The molecule has 1 aliphatic rings. The third-order valence-electron chi connectivity index (χ3n) is 3.08. The minimum absolute atomic E-state index is 0.0159. The van der Waals surface area contributed by atoms with Gasteiger partial charge in [-0.2, -0.15) is 5.10 Å². The molecule has 1 aromatic heterocycles. The summed E-state index contributed by atoms with van der Waals surface area (Å²) in [5.41, 5.74) is 2.72. The number of carboxylic acid groups (broad SMARTS) is 1. The van der Waals surface area contributed by atoms with E-state index in [9.17, 15) is 4.79 Å². The van der Waals surface area contributed by atoms with Gasteiger partial charge in [0.2, 0.25) is 0 Å². The molecular formula is C11H16N2O3. The van der Waals surface area contributed by atoms with Crippen LogP contribution in [0.5, 0.6) is 0 Å². The van der Waals surface area contributed by atoms with Gasteiger partial charge in [0.25, 0.3) is 0 Å². The molecule has 0 radical (unpaired) electrons. The third-order valence-corrected chi connectivity index (χ3v) is 3.08. The van der Waals surface area contributed by atoms with Gasteiger partial charge < -0.3 is 9.84 Å². The molecule has 0 aromatic carbocycles. The molecule has 2 heterocycles. The number of ether oxygens (including phenoxy) is 1. The lowest BCUT2D eigenvalue weighted by molar-refractivity contribution is -0.136. The SMILES string of the molecule is Cc1c(C2CCOCC2)n[nH]c1CC(=O)O. The van der Waals surface area contributed by atoms with Crippen LogP contribution >= 0.6 is 0 Å². The molecule has 1 aromatic rings. The molecule has 0 aliphatic carbocycles. The minimum atomic E-state index is -0.828. The highest BCUT2D eigenvalue weighted by atomic mass is 16.5. The first-order chi connectivity index (χ1) is 7.68. The van der Waals surface area contributed by atoms with Crippen molar-refractivity contribution in [3.05, 3.63) is 17.0 Å². The zero-order valence-electron chi connectivity index (χ0n) is 9.32. The van der Waals surface area contributed by atoms with Crippen LogP contribution in [0.3, 0.4) is 0 Å². The Morgan fingerprint density at radius 2 is 2.25 bits per heavy atom. The second-order valence-electron chi connectivity index (χ2n) is 4.17. The molecule has 5 heteroatoms. The van der Waals surface area contributed by atoms with E-state index >= 15 is 0 Å². The summed E-state index contributed by atoms with van der Waals surface area (Å²) in [5.74, 6) is -0.419. The van der Waals surface area contributed by atoms with E-state index in [-0.39, 0.29) is 6.42 Å². The number of rotatable bonds is 3. The number of nitrogens with one attached hydrogen (secondary N) is 1. The number of aromatic nitrogens is 2. The van der Waals surface area contributed by atoms with Crippen LogP contribution in [0.25, 0.3) is 0 Å². The molecule has 0 atom stereocenters. The Hall–Kier alpha value is -1.36. The zero-order chi connectivity index (χ0) is 11.5. The van der Waals surface area contributed by atoms with Crippen LogP contribution in [0.15, 0.2) is 0 Å². The van der Waals surface area contributed by atoms with Crippen molar-refractivity contribution in [1.29, 1.82) is 0 Å². The Kier molecular flexibility index (Phi) is 3.24. The van der Waals surface area contributed by atoms with Gasteiger partial charge in [0.1, 0.15) is 0 Å². The summed E-state index contributed by atoms with van der Waals surface area (Å²) in [6.45, 7) is 3.48. The van der Waals surface area contributed by atoms with E-state index < -0.39 is 5.97 Å². The van der Waals surface area contributed by atoms with Crippen molar-refractivity contribution in [2.75, 3.05) is 13.2 Å². The average molecular weight is 224 g/mol. The molecule has 16 heavy (non-hydrogen) atoms. The highest BCUT2D eigenvalue weighted by Gasteiger charge is 2.22. The second-order valence-corrected chi connectivity index (χ2v) is 4.17. The molecule has 0 bridgehead atoms. The fourth-order valence-corrected chi connectivity index (χ4v) is 2.14. The van der Waals surface area contributed by atoms with Crippen molar-refractivity contribution >= 4 is 5.97 Å². The molecule has 88 valence electrons. The van der Waals surface area contributed by atoms with Crippen LogP contribution in [0, 0.1) is 6.92 Å². The van der Waals surface area contributed by atoms with Crippen molar-refractivity contribution in [2.45, 2.75) is 32.1 Å². The maximum atomic E-state index is 10.6. The van der Waals surface area contributed by atoms with E-state index in [1.807, 2.05) is 6.92 Å². The van der Waals surface area contributed by atoms with Gasteiger partial charge in [-0.25, -0.2) is 0 Å². The fraction of sp³-hybridized carbons (Fsp3) is 0.636. The number of hydrogen-bond donors (Lipinski definition) is 2. The quantitative estimate of drug-likeness (QED) is 0.810. The molecule has 1 saturated heterocycles. The minimum Gasteiger partial charge on any atom is -0.481 e. The number of hydrogen-bond acceptors (Lipinski definition) is 3. The summed E-state index contributed by atoms with van der Waals surface area (Å²) in [5, 5.41) is 15.8. The van der Waals surface area contributed by atoms with Gasteiger partial charge >= 0.3 is 5.97 Å². The highest BCUT2D eigenvalue weighted by Crippen LogP contribution is 2.28. The summed E-state index contributed by atoms with van der Waals surface area (Å²) in [4.78, 5) is 10.6. The largest absolute Gasteiger partial charge is 0.481 e. The summed E-state index contributed by atoms with van der Waals surface area (Å²) in [6, 6.07) is 0. The first-order valence-electron chi connectivity index (χ1n) is 5.51. The molecule has 5 nitrogen and oxygen atoms in total. The summed E-state index contributed by atoms with van der Waals surface area (Å²) in [6.07, 6.45) is 1.96. The van der Waals surface area contributed by atoms with Crippen LogP contribution in [-0.2, 0) is 16.0 Å². The summed E-state index contributed by atoms with van der Waals surface area (Å²) < 4.78 is 5.30. The summed E-state index contributed by atoms with van der Waals surface area (Å²) in [7, 11) is 0. The lowest BCUT2D eigenvalue weighted by Gasteiger charge is -2.20. The Balaban J connectivity index is 2.15.